The summed E-state index contributed by atoms with van der Waals surface area (Å²) < 4.78 is 18.2. The first-order valence-corrected chi connectivity index (χ1v) is 7.00. The molecule has 0 heterocycles. The summed E-state index contributed by atoms with van der Waals surface area (Å²) in [5.41, 5.74) is 1.47. The van der Waals surface area contributed by atoms with Crippen molar-refractivity contribution >= 4 is 0 Å². The first-order valence-electron chi connectivity index (χ1n) is 7.00. The molecule has 0 fully saturated rings. The van der Waals surface area contributed by atoms with Crippen LogP contribution >= 0.6 is 0 Å². The third kappa shape index (κ3) is 3.61. The van der Waals surface area contributed by atoms with Gasteiger partial charge in [-0.3, -0.25) is 0 Å². The molecule has 0 amide bonds. The zero-order valence-electron chi connectivity index (χ0n) is 12.6. The molecule has 1 unspecified atom stereocenters. The molecule has 2 aromatic rings. The standard InChI is InChI=1S/C18H21FO2/c1-18(2,14-7-9-15(19)10-8-14)17(20)12-13-5-4-6-16(11-13)21-3/h4-11,17,20H,12H2,1-3H3. The first-order chi connectivity index (χ1) is 9.93. The van der Waals surface area contributed by atoms with E-state index < -0.39 is 11.5 Å². The van der Waals surface area contributed by atoms with E-state index >= 15 is 0 Å². The molecule has 1 atom stereocenters. The molecule has 0 saturated carbocycles. The second-order valence-electron chi connectivity index (χ2n) is 5.80. The minimum absolute atomic E-state index is 0.267. The van der Waals surface area contributed by atoms with Crippen LogP contribution in [0.25, 0.3) is 0 Å². The number of aliphatic hydroxyl groups is 1. The van der Waals surface area contributed by atoms with Crippen LogP contribution in [0.3, 0.4) is 0 Å². The number of ether oxygens (including phenoxy) is 1. The van der Waals surface area contributed by atoms with Crippen molar-refractivity contribution in [1.82, 2.24) is 0 Å². The number of halogens is 1. The minimum Gasteiger partial charge on any atom is -0.497 e. The molecule has 0 saturated heterocycles. The predicted molar refractivity (Wildman–Crippen MR) is 82.1 cm³/mol. The molecule has 0 aliphatic carbocycles. The Morgan fingerprint density at radius 2 is 1.81 bits per heavy atom. The van der Waals surface area contributed by atoms with Crippen LogP contribution in [0.1, 0.15) is 25.0 Å². The van der Waals surface area contributed by atoms with Crippen LogP contribution in [0.2, 0.25) is 0 Å². The number of rotatable bonds is 5. The fourth-order valence-corrected chi connectivity index (χ4v) is 2.35. The summed E-state index contributed by atoms with van der Waals surface area (Å²) in [7, 11) is 1.62. The molecule has 0 radical (unpaired) electrons. The number of aliphatic hydroxyl groups excluding tert-OH is 1. The summed E-state index contributed by atoms with van der Waals surface area (Å²) >= 11 is 0. The third-order valence-corrected chi connectivity index (χ3v) is 3.98. The third-order valence-electron chi connectivity index (χ3n) is 3.98. The van der Waals surface area contributed by atoms with Crippen molar-refractivity contribution in [1.29, 1.82) is 0 Å². The Morgan fingerprint density at radius 3 is 2.43 bits per heavy atom. The molecule has 0 bridgehead atoms. The Balaban J connectivity index is 2.17. The maximum absolute atomic E-state index is 13.0. The fourth-order valence-electron chi connectivity index (χ4n) is 2.35. The molecule has 0 aliphatic heterocycles. The van der Waals surface area contributed by atoms with Crippen molar-refractivity contribution in [3.05, 3.63) is 65.5 Å². The summed E-state index contributed by atoms with van der Waals surface area (Å²) in [6.45, 7) is 3.93. The quantitative estimate of drug-likeness (QED) is 0.908. The number of benzene rings is 2. The van der Waals surface area contributed by atoms with Crippen LogP contribution in [0.5, 0.6) is 5.75 Å². The van der Waals surface area contributed by atoms with Crippen molar-refractivity contribution in [3.8, 4) is 5.75 Å². The van der Waals surface area contributed by atoms with Gasteiger partial charge < -0.3 is 9.84 Å². The molecular weight excluding hydrogens is 267 g/mol. The van der Waals surface area contributed by atoms with Crippen molar-refractivity contribution in [2.24, 2.45) is 0 Å². The second kappa shape index (κ2) is 6.27. The van der Waals surface area contributed by atoms with Crippen LogP contribution in [0, 0.1) is 5.82 Å². The predicted octanol–water partition coefficient (Wildman–Crippen LogP) is 3.72. The van der Waals surface area contributed by atoms with Crippen LogP contribution in [-0.2, 0) is 11.8 Å². The van der Waals surface area contributed by atoms with E-state index in [1.807, 2.05) is 38.1 Å². The fraction of sp³-hybridized carbons (Fsp3) is 0.333. The lowest BCUT2D eigenvalue weighted by Crippen LogP contribution is -2.35. The van der Waals surface area contributed by atoms with E-state index in [0.717, 1.165) is 16.9 Å². The van der Waals surface area contributed by atoms with E-state index in [-0.39, 0.29) is 5.82 Å². The van der Waals surface area contributed by atoms with E-state index in [1.54, 1.807) is 19.2 Å². The van der Waals surface area contributed by atoms with E-state index in [1.165, 1.54) is 12.1 Å². The van der Waals surface area contributed by atoms with Crippen molar-refractivity contribution in [3.63, 3.8) is 0 Å². The monoisotopic (exact) mass is 288 g/mol. The summed E-state index contributed by atoms with van der Waals surface area (Å²) in [4.78, 5) is 0. The van der Waals surface area contributed by atoms with Crippen molar-refractivity contribution < 1.29 is 14.2 Å². The van der Waals surface area contributed by atoms with Gasteiger partial charge in [-0.1, -0.05) is 38.1 Å². The maximum Gasteiger partial charge on any atom is 0.123 e. The highest BCUT2D eigenvalue weighted by Crippen LogP contribution is 2.29. The molecule has 0 aromatic heterocycles. The Labute approximate surface area is 125 Å². The zero-order valence-corrected chi connectivity index (χ0v) is 12.6. The molecule has 3 heteroatoms. The highest BCUT2D eigenvalue weighted by Gasteiger charge is 2.29. The van der Waals surface area contributed by atoms with E-state index in [9.17, 15) is 9.50 Å². The van der Waals surface area contributed by atoms with Gasteiger partial charge in [0.2, 0.25) is 0 Å². The van der Waals surface area contributed by atoms with Gasteiger partial charge in [0, 0.05) is 5.41 Å². The lowest BCUT2D eigenvalue weighted by atomic mass is 9.77. The summed E-state index contributed by atoms with van der Waals surface area (Å²) in [5, 5.41) is 10.6. The number of methoxy groups -OCH3 is 1. The summed E-state index contributed by atoms with van der Waals surface area (Å²) in [6, 6.07) is 14.0. The molecular formula is C18H21FO2. The Hall–Kier alpha value is -1.87. The van der Waals surface area contributed by atoms with Gasteiger partial charge in [0.05, 0.1) is 13.2 Å². The van der Waals surface area contributed by atoms with Crippen molar-refractivity contribution in [2.75, 3.05) is 7.11 Å². The van der Waals surface area contributed by atoms with Gasteiger partial charge in [-0.05, 0) is 41.8 Å². The van der Waals surface area contributed by atoms with Crippen LogP contribution < -0.4 is 4.74 Å². The molecule has 0 spiro atoms. The van der Waals surface area contributed by atoms with Crippen LogP contribution in [0.4, 0.5) is 4.39 Å². The number of hydrogen-bond donors (Lipinski definition) is 1. The van der Waals surface area contributed by atoms with Gasteiger partial charge >= 0.3 is 0 Å². The van der Waals surface area contributed by atoms with Gasteiger partial charge in [0.1, 0.15) is 11.6 Å². The van der Waals surface area contributed by atoms with Crippen LogP contribution in [-0.4, -0.2) is 18.3 Å². The molecule has 2 aromatic carbocycles. The molecule has 0 aliphatic rings. The normalized spacial score (nSPS) is 13.0. The smallest absolute Gasteiger partial charge is 0.123 e. The lowest BCUT2D eigenvalue weighted by Gasteiger charge is -2.31. The summed E-state index contributed by atoms with van der Waals surface area (Å²) in [5.74, 6) is 0.510. The Bertz CT molecular complexity index is 590. The van der Waals surface area contributed by atoms with Gasteiger partial charge in [0.25, 0.3) is 0 Å². The van der Waals surface area contributed by atoms with Gasteiger partial charge in [-0.2, -0.15) is 0 Å². The zero-order chi connectivity index (χ0) is 15.5. The van der Waals surface area contributed by atoms with Gasteiger partial charge in [-0.25, -0.2) is 4.39 Å². The number of hydrogen-bond acceptors (Lipinski definition) is 2. The van der Waals surface area contributed by atoms with E-state index in [0.29, 0.717) is 6.42 Å². The average molecular weight is 288 g/mol. The highest BCUT2D eigenvalue weighted by molar-refractivity contribution is 5.31. The lowest BCUT2D eigenvalue weighted by molar-refractivity contribution is 0.0999. The Kier molecular flexibility index (Phi) is 4.63. The summed E-state index contributed by atoms with van der Waals surface area (Å²) in [6.07, 6.45) is -0.0586. The Morgan fingerprint density at radius 1 is 1.14 bits per heavy atom. The SMILES string of the molecule is COc1cccc(CC(O)C(C)(C)c2ccc(F)cc2)c1. The first kappa shape index (κ1) is 15.5. The van der Waals surface area contributed by atoms with E-state index in [2.05, 4.69) is 0 Å². The topological polar surface area (TPSA) is 29.5 Å². The molecule has 21 heavy (non-hydrogen) atoms. The second-order valence-corrected chi connectivity index (χ2v) is 5.80. The molecule has 1 N–H and O–H groups in total. The molecule has 2 nitrogen and oxygen atoms in total. The maximum atomic E-state index is 13.0. The molecule has 112 valence electrons. The van der Waals surface area contributed by atoms with Gasteiger partial charge in [-0.15, -0.1) is 0 Å². The molecule has 2 rings (SSSR count). The van der Waals surface area contributed by atoms with E-state index in [4.69, 9.17) is 4.74 Å². The largest absolute Gasteiger partial charge is 0.497 e. The van der Waals surface area contributed by atoms with Crippen molar-refractivity contribution in [2.45, 2.75) is 31.8 Å². The highest BCUT2D eigenvalue weighted by atomic mass is 19.1. The average Bonchev–Trinajstić information content (AvgIpc) is 2.48. The van der Waals surface area contributed by atoms with Crippen LogP contribution in [0.15, 0.2) is 48.5 Å². The van der Waals surface area contributed by atoms with Gasteiger partial charge in [0.15, 0.2) is 0 Å². The minimum atomic E-state index is -0.574.